The Morgan fingerprint density at radius 3 is 3.24 bits per heavy atom. The van der Waals surface area contributed by atoms with Crippen LogP contribution in [0.15, 0.2) is 35.8 Å². The average Bonchev–Trinajstić information content (AvgIpc) is 2.66. The number of hydrogen-bond donors (Lipinski definition) is 1. The number of piperazine rings is 1. The van der Waals surface area contributed by atoms with Gasteiger partial charge in [-0.25, -0.2) is 0 Å². The first kappa shape index (κ1) is 12.2. The fraction of sp³-hybridized carbons (Fsp3) is 0.571. The van der Waals surface area contributed by atoms with E-state index in [9.17, 15) is 0 Å². The first-order chi connectivity index (χ1) is 8.45. The lowest BCUT2D eigenvalue weighted by molar-refractivity contribution is 0.0588. The summed E-state index contributed by atoms with van der Waals surface area (Å²) in [4.78, 5) is 2.48. The molecule has 1 unspecified atom stereocenters. The number of allylic oxidation sites excluding steroid dienone is 4. The van der Waals surface area contributed by atoms with Gasteiger partial charge in [-0.1, -0.05) is 32.1 Å². The Morgan fingerprint density at radius 1 is 1.47 bits per heavy atom. The fourth-order valence-electron chi connectivity index (χ4n) is 2.39. The predicted octanol–water partition coefficient (Wildman–Crippen LogP) is 2.29. The normalized spacial score (nSPS) is 26.2. The van der Waals surface area contributed by atoms with Crippen molar-refractivity contribution in [1.29, 1.82) is 0 Å². The van der Waals surface area contributed by atoms with Crippen LogP contribution < -0.4 is 5.32 Å². The van der Waals surface area contributed by atoms with Crippen LogP contribution in [0.5, 0.6) is 0 Å². The minimum absolute atomic E-state index is 0. The summed E-state index contributed by atoms with van der Waals surface area (Å²) in [6.45, 7) is 8.02. The molecule has 17 heavy (non-hydrogen) atoms. The second kappa shape index (κ2) is 5.92. The first-order valence-corrected chi connectivity index (χ1v) is 6.62. The molecular formula is C14H24N2O. The molecule has 0 saturated carbocycles. The van der Waals surface area contributed by atoms with E-state index in [0.717, 1.165) is 38.4 Å². The van der Waals surface area contributed by atoms with Gasteiger partial charge in [-0.3, -0.25) is 0 Å². The maximum absolute atomic E-state index is 5.79. The lowest BCUT2D eigenvalue weighted by atomic mass is 10.1. The van der Waals surface area contributed by atoms with Gasteiger partial charge in [0.1, 0.15) is 12.4 Å². The van der Waals surface area contributed by atoms with Gasteiger partial charge in [-0.05, 0) is 12.5 Å². The first-order valence-electron chi connectivity index (χ1n) is 6.62. The largest absolute Gasteiger partial charge is 0.489 e. The van der Waals surface area contributed by atoms with Crippen molar-refractivity contribution in [3.05, 3.63) is 35.8 Å². The monoisotopic (exact) mass is 236 g/mol. The molecular weight excluding hydrogens is 212 g/mol. The number of ether oxygens (including phenoxy) is 1. The summed E-state index contributed by atoms with van der Waals surface area (Å²) in [7, 11) is 0. The van der Waals surface area contributed by atoms with Crippen molar-refractivity contribution in [2.45, 2.75) is 26.3 Å². The van der Waals surface area contributed by atoms with Crippen LogP contribution in [0.1, 0.15) is 21.7 Å². The topological polar surface area (TPSA) is 24.5 Å². The van der Waals surface area contributed by atoms with Gasteiger partial charge in [0, 0.05) is 21.1 Å². The number of fused-ring (bicyclic) bond motifs is 3. The maximum atomic E-state index is 5.79. The van der Waals surface area contributed by atoms with E-state index in [-0.39, 0.29) is 1.43 Å². The van der Waals surface area contributed by atoms with Crippen LogP contribution in [0.2, 0.25) is 0 Å². The van der Waals surface area contributed by atoms with Crippen molar-refractivity contribution < 1.29 is 6.16 Å². The molecule has 1 N–H and O–H groups in total. The molecule has 2 aliphatic heterocycles. The zero-order chi connectivity index (χ0) is 12.1. The van der Waals surface area contributed by atoms with Crippen LogP contribution in [-0.4, -0.2) is 37.2 Å². The molecule has 0 amide bonds. The maximum Gasteiger partial charge on any atom is 0.142 e. The summed E-state index contributed by atoms with van der Waals surface area (Å²) >= 11 is 0. The van der Waals surface area contributed by atoms with Crippen molar-refractivity contribution >= 4 is 0 Å². The molecule has 0 radical (unpaired) electrons. The van der Waals surface area contributed by atoms with Crippen molar-refractivity contribution in [1.82, 2.24) is 10.2 Å². The van der Waals surface area contributed by atoms with Crippen molar-refractivity contribution in [3.8, 4) is 0 Å². The van der Waals surface area contributed by atoms with Gasteiger partial charge >= 0.3 is 0 Å². The number of rotatable bonds is 0. The van der Waals surface area contributed by atoms with E-state index in [2.05, 4.69) is 34.5 Å². The molecule has 3 aliphatic rings. The molecule has 2 saturated heterocycles. The highest BCUT2D eigenvalue weighted by Crippen LogP contribution is 2.28. The zero-order valence-corrected chi connectivity index (χ0v) is 10.8. The summed E-state index contributed by atoms with van der Waals surface area (Å²) in [6, 6.07) is 0.514. The molecule has 1 atom stereocenters. The molecule has 96 valence electrons. The summed E-state index contributed by atoms with van der Waals surface area (Å²) in [5.74, 6) is 1.04. The molecule has 2 heterocycles. The minimum Gasteiger partial charge on any atom is -0.489 e. The third-order valence-corrected chi connectivity index (χ3v) is 3.17. The van der Waals surface area contributed by atoms with Crippen LogP contribution in [0.4, 0.5) is 0 Å². The predicted molar refractivity (Wildman–Crippen MR) is 72.7 cm³/mol. The van der Waals surface area contributed by atoms with E-state index in [0.29, 0.717) is 6.04 Å². The van der Waals surface area contributed by atoms with Gasteiger partial charge < -0.3 is 15.0 Å². The van der Waals surface area contributed by atoms with Gasteiger partial charge in [-0.15, -0.1) is 0 Å². The fourth-order valence-corrected chi connectivity index (χ4v) is 2.39. The Bertz CT molecular complexity index is 350. The Kier molecular flexibility index (Phi) is 4.26. The molecule has 0 spiro atoms. The van der Waals surface area contributed by atoms with Gasteiger partial charge in [0.2, 0.25) is 0 Å². The number of morpholine rings is 1. The van der Waals surface area contributed by atoms with Crippen molar-refractivity contribution in [2.24, 2.45) is 0 Å². The van der Waals surface area contributed by atoms with Crippen LogP contribution in [0.25, 0.3) is 0 Å². The summed E-state index contributed by atoms with van der Waals surface area (Å²) in [5, 5.41) is 3.41. The van der Waals surface area contributed by atoms with Crippen LogP contribution in [0.3, 0.4) is 0 Å². The van der Waals surface area contributed by atoms with Gasteiger partial charge in [0.05, 0.1) is 11.7 Å². The highest BCUT2D eigenvalue weighted by atomic mass is 16.5. The van der Waals surface area contributed by atoms with Gasteiger partial charge in [0.25, 0.3) is 0 Å². The third-order valence-electron chi connectivity index (χ3n) is 3.17. The van der Waals surface area contributed by atoms with Crippen molar-refractivity contribution in [3.63, 3.8) is 0 Å². The molecule has 1 aliphatic carbocycles. The smallest absolute Gasteiger partial charge is 0.142 e. The Hall–Kier alpha value is -1.22. The Labute approximate surface area is 105 Å². The van der Waals surface area contributed by atoms with Crippen LogP contribution >= 0.6 is 0 Å². The third kappa shape index (κ3) is 2.55. The highest BCUT2D eigenvalue weighted by molar-refractivity contribution is 5.33. The van der Waals surface area contributed by atoms with Gasteiger partial charge in [0.15, 0.2) is 0 Å². The SMILES string of the molecule is C1=CCC=C2C(=C1)OCC1CNCCN21.CC.[HH]. The van der Waals surface area contributed by atoms with Crippen molar-refractivity contribution in [2.75, 3.05) is 26.2 Å². The number of hydrogen-bond acceptors (Lipinski definition) is 3. The van der Waals surface area contributed by atoms with E-state index in [4.69, 9.17) is 4.74 Å². The molecule has 3 nitrogen and oxygen atoms in total. The van der Waals surface area contributed by atoms with Crippen LogP contribution in [0, 0.1) is 0 Å². The van der Waals surface area contributed by atoms with E-state index in [1.54, 1.807) is 0 Å². The Morgan fingerprint density at radius 2 is 2.35 bits per heavy atom. The second-order valence-corrected chi connectivity index (χ2v) is 4.15. The molecule has 2 fully saturated rings. The second-order valence-electron chi connectivity index (χ2n) is 4.15. The molecule has 3 heteroatoms. The highest BCUT2D eigenvalue weighted by Gasteiger charge is 2.31. The van der Waals surface area contributed by atoms with Gasteiger partial charge in [-0.2, -0.15) is 0 Å². The summed E-state index contributed by atoms with van der Waals surface area (Å²) < 4.78 is 5.79. The van der Waals surface area contributed by atoms with Crippen LogP contribution in [-0.2, 0) is 4.74 Å². The van der Waals surface area contributed by atoms with E-state index in [1.807, 2.05) is 13.8 Å². The number of nitrogens with one attached hydrogen (secondary N) is 1. The molecule has 0 aromatic rings. The summed E-state index contributed by atoms with van der Waals surface area (Å²) in [6.07, 6.45) is 9.61. The quantitative estimate of drug-likeness (QED) is 0.698. The van der Waals surface area contributed by atoms with E-state index >= 15 is 0 Å². The standard InChI is InChI=1S/C12H16N2O.C2H6.H2/c1-2-4-11-12(5-3-1)15-9-10-8-13-6-7-14(10)11;1-2;/h1,3-5,10,13H,2,6-9H2;1-2H3;1H. The van der Waals surface area contributed by atoms with E-state index < -0.39 is 0 Å². The molecule has 3 rings (SSSR count). The minimum atomic E-state index is 0. The average molecular weight is 236 g/mol. The summed E-state index contributed by atoms with van der Waals surface area (Å²) in [5.41, 5.74) is 1.29. The zero-order valence-electron chi connectivity index (χ0n) is 10.8. The Balaban J connectivity index is 0.000000516. The molecule has 0 bridgehead atoms. The lowest BCUT2D eigenvalue weighted by Crippen LogP contribution is -2.55. The lowest BCUT2D eigenvalue weighted by Gasteiger charge is -2.43. The molecule has 0 aromatic heterocycles. The molecule has 0 aromatic carbocycles. The number of nitrogens with zero attached hydrogens (tertiary/aromatic N) is 1. The van der Waals surface area contributed by atoms with E-state index in [1.165, 1.54) is 5.70 Å².